The van der Waals surface area contributed by atoms with Gasteiger partial charge in [0, 0.05) is 57.3 Å². The van der Waals surface area contributed by atoms with E-state index in [1.54, 1.807) is 0 Å². The highest BCUT2D eigenvalue weighted by Gasteiger charge is 2.41. The Balaban J connectivity index is 1.29. The predicted octanol–water partition coefficient (Wildman–Crippen LogP) is 1.89. The first kappa shape index (κ1) is 20.1. The third-order valence-electron chi connectivity index (χ3n) is 6.78. The van der Waals surface area contributed by atoms with Gasteiger partial charge in [0.25, 0.3) is 0 Å². The molecule has 1 saturated carbocycles. The second-order valence-corrected chi connectivity index (χ2v) is 9.44. The molecule has 2 saturated heterocycles. The molecule has 0 aromatic heterocycles. The van der Waals surface area contributed by atoms with E-state index in [2.05, 4.69) is 33.9 Å². The smallest absolute Gasteiger partial charge is 0.222 e. The molecule has 5 heteroatoms. The standard InChI is InChI=1S/C21H40N4O/c1-16(2)21(26)22-20-12-18-14-24(15-19(18)13-20)7-5-6-23-8-10-25(11-9-23)17(3)4/h16-20H,5-15H2,1-4H3,(H,22,26). The second-order valence-electron chi connectivity index (χ2n) is 9.44. The first-order chi connectivity index (χ1) is 12.4. The van der Waals surface area contributed by atoms with Crippen molar-refractivity contribution < 1.29 is 4.79 Å². The summed E-state index contributed by atoms with van der Waals surface area (Å²) in [6.45, 7) is 18.5. The van der Waals surface area contributed by atoms with E-state index >= 15 is 0 Å². The van der Waals surface area contributed by atoms with Crippen LogP contribution >= 0.6 is 0 Å². The van der Waals surface area contributed by atoms with Crippen molar-refractivity contribution in [1.82, 2.24) is 20.0 Å². The Morgan fingerprint density at radius 1 is 0.923 bits per heavy atom. The molecular formula is C21H40N4O. The van der Waals surface area contributed by atoms with Gasteiger partial charge in [-0.05, 0) is 58.0 Å². The maximum atomic E-state index is 11.9. The van der Waals surface area contributed by atoms with Crippen LogP contribution in [0.1, 0.15) is 47.0 Å². The lowest BCUT2D eigenvalue weighted by Crippen LogP contribution is -2.49. The summed E-state index contributed by atoms with van der Waals surface area (Å²) in [7, 11) is 0. The topological polar surface area (TPSA) is 38.8 Å². The number of rotatable bonds is 7. The van der Waals surface area contributed by atoms with Gasteiger partial charge in [0.15, 0.2) is 0 Å². The predicted molar refractivity (Wildman–Crippen MR) is 107 cm³/mol. The zero-order valence-corrected chi connectivity index (χ0v) is 17.4. The van der Waals surface area contributed by atoms with Crippen molar-refractivity contribution in [3.8, 4) is 0 Å². The highest BCUT2D eigenvalue weighted by molar-refractivity contribution is 5.78. The normalized spacial score (nSPS) is 31.1. The molecule has 150 valence electrons. The Morgan fingerprint density at radius 3 is 2.04 bits per heavy atom. The number of nitrogens with one attached hydrogen (secondary N) is 1. The maximum absolute atomic E-state index is 11.9. The summed E-state index contributed by atoms with van der Waals surface area (Å²) in [6.07, 6.45) is 3.68. The van der Waals surface area contributed by atoms with Gasteiger partial charge in [0.05, 0.1) is 0 Å². The van der Waals surface area contributed by atoms with Gasteiger partial charge >= 0.3 is 0 Å². The fourth-order valence-corrected chi connectivity index (χ4v) is 5.09. The van der Waals surface area contributed by atoms with Crippen molar-refractivity contribution in [2.45, 2.75) is 59.0 Å². The zero-order chi connectivity index (χ0) is 18.7. The van der Waals surface area contributed by atoms with Gasteiger partial charge in [-0.2, -0.15) is 0 Å². The molecule has 0 radical (unpaired) electrons. The Kier molecular flexibility index (Phi) is 6.98. The summed E-state index contributed by atoms with van der Waals surface area (Å²) < 4.78 is 0. The number of likely N-dealkylation sites (tertiary alicyclic amines) is 1. The van der Waals surface area contributed by atoms with Crippen LogP contribution in [0.5, 0.6) is 0 Å². The van der Waals surface area contributed by atoms with Gasteiger partial charge in [-0.25, -0.2) is 0 Å². The number of nitrogens with zero attached hydrogens (tertiary/aromatic N) is 3. The number of fused-ring (bicyclic) bond motifs is 1. The summed E-state index contributed by atoms with van der Waals surface area (Å²) in [5.74, 6) is 1.95. The van der Waals surface area contributed by atoms with Crippen LogP contribution in [-0.2, 0) is 4.79 Å². The van der Waals surface area contributed by atoms with E-state index in [1.165, 1.54) is 71.6 Å². The van der Waals surface area contributed by atoms with E-state index in [9.17, 15) is 4.79 Å². The minimum absolute atomic E-state index is 0.106. The molecular weight excluding hydrogens is 324 g/mol. The Labute approximate surface area is 160 Å². The molecule has 2 unspecified atom stereocenters. The zero-order valence-electron chi connectivity index (χ0n) is 17.4. The summed E-state index contributed by atoms with van der Waals surface area (Å²) in [5.41, 5.74) is 0. The minimum atomic E-state index is 0.106. The summed E-state index contributed by atoms with van der Waals surface area (Å²) in [5, 5.41) is 3.25. The fraction of sp³-hybridized carbons (Fsp3) is 0.952. The number of hydrogen-bond acceptors (Lipinski definition) is 4. The molecule has 1 amide bonds. The molecule has 0 bridgehead atoms. The number of piperazine rings is 1. The summed E-state index contributed by atoms with van der Waals surface area (Å²) >= 11 is 0. The van der Waals surface area contributed by atoms with Crippen LogP contribution in [-0.4, -0.2) is 85.0 Å². The molecule has 3 rings (SSSR count). The highest BCUT2D eigenvalue weighted by atomic mass is 16.1. The third kappa shape index (κ3) is 5.20. The fourth-order valence-electron chi connectivity index (χ4n) is 5.09. The molecule has 1 aliphatic carbocycles. The molecule has 3 aliphatic rings. The maximum Gasteiger partial charge on any atom is 0.222 e. The average Bonchev–Trinajstić information content (AvgIpc) is 3.13. The minimum Gasteiger partial charge on any atom is -0.353 e. The van der Waals surface area contributed by atoms with Gasteiger partial charge in [-0.15, -0.1) is 0 Å². The van der Waals surface area contributed by atoms with Crippen molar-refractivity contribution in [3.63, 3.8) is 0 Å². The number of carbonyl (C=O) groups excluding carboxylic acids is 1. The van der Waals surface area contributed by atoms with Crippen LogP contribution < -0.4 is 5.32 Å². The van der Waals surface area contributed by atoms with Gasteiger partial charge in [-0.1, -0.05) is 13.8 Å². The van der Waals surface area contributed by atoms with Crippen molar-refractivity contribution >= 4 is 5.91 Å². The van der Waals surface area contributed by atoms with Crippen LogP contribution in [0.4, 0.5) is 0 Å². The van der Waals surface area contributed by atoms with Crippen LogP contribution in [0.2, 0.25) is 0 Å². The molecule has 3 fully saturated rings. The van der Waals surface area contributed by atoms with Crippen molar-refractivity contribution in [1.29, 1.82) is 0 Å². The van der Waals surface area contributed by atoms with Crippen LogP contribution in [0, 0.1) is 17.8 Å². The largest absolute Gasteiger partial charge is 0.353 e. The molecule has 0 aromatic carbocycles. The monoisotopic (exact) mass is 364 g/mol. The lowest BCUT2D eigenvalue weighted by atomic mass is 10.0. The molecule has 2 atom stereocenters. The number of hydrogen-bond donors (Lipinski definition) is 1. The van der Waals surface area contributed by atoms with E-state index in [-0.39, 0.29) is 11.8 Å². The van der Waals surface area contributed by atoms with Gasteiger partial charge in [-0.3, -0.25) is 9.69 Å². The van der Waals surface area contributed by atoms with E-state index in [0.29, 0.717) is 12.1 Å². The van der Waals surface area contributed by atoms with Crippen LogP contribution in [0.15, 0.2) is 0 Å². The first-order valence-corrected chi connectivity index (χ1v) is 10.9. The quantitative estimate of drug-likeness (QED) is 0.749. The van der Waals surface area contributed by atoms with Gasteiger partial charge in [0.1, 0.15) is 0 Å². The lowest BCUT2D eigenvalue weighted by Gasteiger charge is -2.37. The molecule has 2 aliphatic heterocycles. The van der Waals surface area contributed by atoms with Crippen molar-refractivity contribution in [2.24, 2.45) is 17.8 Å². The summed E-state index contributed by atoms with van der Waals surface area (Å²) in [6, 6.07) is 1.12. The van der Waals surface area contributed by atoms with E-state index in [0.717, 1.165) is 11.8 Å². The Bertz CT molecular complexity index is 445. The Hall–Kier alpha value is -0.650. The van der Waals surface area contributed by atoms with E-state index in [4.69, 9.17) is 0 Å². The Morgan fingerprint density at radius 2 is 1.50 bits per heavy atom. The highest BCUT2D eigenvalue weighted by Crippen LogP contribution is 2.38. The van der Waals surface area contributed by atoms with Crippen LogP contribution in [0.3, 0.4) is 0 Å². The molecule has 5 nitrogen and oxygen atoms in total. The third-order valence-corrected chi connectivity index (χ3v) is 6.78. The first-order valence-electron chi connectivity index (χ1n) is 10.9. The van der Waals surface area contributed by atoms with Gasteiger partial charge < -0.3 is 15.1 Å². The van der Waals surface area contributed by atoms with E-state index in [1.807, 2.05) is 13.8 Å². The second kappa shape index (κ2) is 9.03. The van der Waals surface area contributed by atoms with E-state index < -0.39 is 0 Å². The van der Waals surface area contributed by atoms with Crippen molar-refractivity contribution in [2.75, 3.05) is 52.4 Å². The number of amides is 1. The molecule has 2 heterocycles. The molecule has 0 aromatic rings. The van der Waals surface area contributed by atoms with Crippen molar-refractivity contribution in [3.05, 3.63) is 0 Å². The SMILES string of the molecule is CC(C)C(=O)NC1CC2CN(CCCN3CCN(C(C)C)CC3)CC2C1. The molecule has 1 N–H and O–H groups in total. The van der Waals surface area contributed by atoms with Gasteiger partial charge in [0.2, 0.25) is 5.91 Å². The molecule has 26 heavy (non-hydrogen) atoms. The lowest BCUT2D eigenvalue weighted by molar-refractivity contribution is -0.124. The average molecular weight is 365 g/mol. The summed E-state index contributed by atoms with van der Waals surface area (Å²) in [4.78, 5) is 19.8. The molecule has 0 spiro atoms. The number of carbonyl (C=O) groups is 1. The van der Waals surface area contributed by atoms with Crippen LogP contribution in [0.25, 0.3) is 0 Å².